The lowest BCUT2D eigenvalue weighted by atomic mass is 9.57. The molecule has 156 valence electrons. The van der Waals surface area contributed by atoms with E-state index in [0.717, 1.165) is 12.8 Å². The molecule has 2 unspecified atom stereocenters. The molecule has 1 saturated carbocycles. The molecule has 0 amide bonds. The second kappa shape index (κ2) is 6.27. The van der Waals surface area contributed by atoms with Crippen LogP contribution in [0.25, 0.3) is 0 Å². The van der Waals surface area contributed by atoms with E-state index >= 15 is 0 Å². The van der Waals surface area contributed by atoms with E-state index in [-0.39, 0.29) is 11.8 Å². The molecule has 5 rings (SSSR count). The highest BCUT2D eigenvalue weighted by atomic mass is 19.4. The molecule has 0 aromatic heterocycles. The molecule has 4 aliphatic heterocycles. The van der Waals surface area contributed by atoms with Crippen molar-refractivity contribution >= 4 is 0 Å². The van der Waals surface area contributed by atoms with Crippen molar-refractivity contribution in [3.05, 3.63) is 0 Å². The summed E-state index contributed by atoms with van der Waals surface area (Å²) < 4.78 is 59.4. The number of rotatable bonds is 3. The first-order valence-electron chi connectivity index (χ1n) is 9.63. The van der Waals surface area contributed by atoms with Crippen LogP contribution in [0, 0.1) is 23.7 Å². The van der Waals surface area contributed by atoms with Crippen LogP contribution in [0.5, 0.6) is 0 Å². The van der Waals surface area contributed by atoms with Gasteiger partial charge in [0.05, 0.1) is 13.2 Å². The summed E-state index contributed by atoms with van der Waals surface area (Å²) in [6.45, 7) is 4.21. The summed E-state index contributed by atoms with van der Waals surface area (Å²) in [5, 5.41) is 9.07. The molecule has 6 nitrogen and oxygen atoms in total. The average molecular weight is 396 g/mol. The molecule has 5 aliphatic rings. The van der Waals surface area contributed by atoms with E-state index in [1.54, 1.807) is 6.92 Å². The Kier molecular flexibility index (Phi) is 4.61. The number of ether oxygens (including phenoxy) is 3. The van der Waals surface area contributed by atoms with Gasteiger partial charge in [0.25, 0.3) is 5.79 Å². The molecule has 5 fully saturated rings. The van der Waals surface area contributed by atoms with Crippen molar-refractivity contribution in [3.8, 4) is 0 Å². The highest BCUT2D eigenvalue weighted by molar-refractivity contribution is 5.12. The number of aliphatic hydroxyl groups excluding tert-OH is 1. The lowest BCUT2D eigenvalue weighted by Crippen LogP contribution is -2.76. The van der Waals surface area contributed by atoms with E-state index < -0.39 is 54.7 Å². The third-order valence-corrected chi connectivity index (χ3v) is 7.06. The van der Waals surface area contributed by atoms with Crippen LogP contribution in [-0.4, -0.2) is 48.0 Å². The topological polar surface area (TPSA) is 66.4 Å². The fourth-order valence-electron chi connectivity index (χ4n) is 5.69. The van der Waals surface area contributed by atoms with Crippen LogP contribution < -0.4 is 0 Å². The van der Waals surface area contributed by atoms with Gasteiger partial charge in [-0.3, -0.25) is 0 Å². The first kappa shape index (κ1) is 19.8. The summed E-state index contributed by atoms with van der Waals surface area (Å²) in [6.07, 6.45) is -3.48. The van der Waals surface area contributed by atoms with Gasteiger partial charge in [-0.2, -0.15) is 13.2 Å². The van der Waals surface area contributed by atoms with Crippen molar-refractivity contribution in [1.82, 2.24) is 0 Å². The number of alkyl halides is 3. The molecule has 27 heavy (non-hydrogen) atoms. The van der Waals surface area contributed by atoms with Gasteiger partial charge in [0.1, 0.15) is 0 Å². The number of hydrogen-bond acceptors (Lipinski definition) is 6. The highest BCUT2D eigenvalue weighted by Crippen LogP contribution is 2.64. The van der Waals surface area contributed by atoms with Gasteiger partial charge in [0, 0.05) is 18.3 Å². The van der Waals surface area contributed by atoms with Crippen LogP contribution in [0.2, 0.25) is 0 Å². The van der Waals surface area contributed by atoms with Crippen LogP contribution in [0.15, 0.2) is 0 Å². The molecule has 1 aliphatic carbocycles. The maximum absolute atomic E-state index is 14.2. The molecular formula is C18H27F3O6. The Morgan fingerprint density at radius 1 is 1.07 bits per heavy atom. The first-order valence-corrected chi connectivity index (χ1v) is 9.63. The SMILES string of the molecule is C[C@@H]1CC[C@H]2[C@@H](C)[C@](OCCO)(C(F)(F)F)O[C@@H]3OC4(C)CC[C@@H]1C32OO4. The molecule has 1 N–H and O–H groups in total. The largest absolute Gasteiger partial charge is 0.443 e. The zero-order valence-corrected chi connectivity index (χ0v) is 15.8. The molecule has 0 aromatic carbocycles. The second-order valence-corrected chi connectivity index (χ2v) is 8.55. The molecule has 8 atom stereocenters. The maximum atomic E-state index is 14.2. The quantitative estimate of drug-likeness (QED) is 0.740. The summed E-state index contributed by atoms with van der Waals surface area (Å²) in [7, 11) is 0. The van der Waals surface area contributed by atoms with E-state index in [4.69, 9.17) is 29.1 Å². The standard InChI is InChI=1S/C18H27F3O6/c1-10-4-5-13-11(2)17(18(19,20)21,23-9-8-22)25-14-16(13)12(10)6-7-15(3,24-14)26-27-16/h10-14,22H,4-9H2,1-3H3/t10-,11-,12+,13+,14+,15?,16?,17-/m1/s1. The molecule has 1 spiro atoms. The van der Waals surface area contributed by atoms with Gasteiger partial charge >= 0.3 is 6.18 Å². The Morgan fingerprint density at radius 2 is 1.81 bits per heavy atom. The predicted molar refractivity (Wildman–Crippen MR) is 84.9 cm³/mol. The van der Waals surface area contributed by atoms with Gasteiger partial charge in [-0.25, -0.2) is 9.78 Å². The first-order chi connectivity index (χ1) is 12.6. The fourth-order valence-corrected chi connectivity index (χ4v) is 5.69. The van der Waals surface area contributed by atoms with Crippen LogP contribution in [0.4, 0.5) is 13.2 Å². The highest BCUT2D eigenvalue weighted by Gasteiger charge is 2.77. The molecule has 4 saturated heterocycles. The molecule has 0 radical (unpaired) electrons. The van der Waals surface area contributed by atoms with Crippen LogP contribution in [0.1, 0.15) is 46.5 Å². The summed E-state index contributed by atoms with van der Waals surface area (Å²) >= 11 is 0. The van der Waals surface area contributed by atoms with Crippen molar-refractivity contribution < 1.29 is 42.3 Å². The zero-order valence-electron chi connectivity index (χ0n) is 15.8. The lowest BCUT2D eigenvalue weighted by Gasteiger charge is -2.62. The Bertz CT molecular complexity index is 588. The van der Waals surface area contributed by atoms with Gasteiger partial charge in [-0.15, -0.1) is 0 Å². The van der Waals surface area contributed by atoms with Crippen molar-refractivity contribution in [3.63, 3.8) is 0 Å². The lowest BCUT2D eigenvalue weighted by molar-refractivity contribution is -0.599. The van der Waals surface area contributed by atoms with Crippen molar-refractivity contribution in [2.45, 2.75) is 76.1 Å². The van der Waals surface area contributed by atoms with E-state index in [9.17, 15) is 13.2 Å². The second-order valence-electron chi connectivity index (χ2n) is 8.55. The molecule has 2 bridgehead atoms. The molecule has 9 heteroatoms. The third kappa shape index (κ3) is 2.62. The molecule has 0 aromatic rings. The van der Waals surface area contributed by atoms with Gasteiger partial charge in [0.15, 0.2) is 11.9 Å². The minimum atomic E-state index is -4.79. The predicted octanol–water partition coefficient (Wildman–Crippen LogP) is 3.14. The third-order valence-electron chi connectivity index (χ3n) is 7.06. The van der Waals surface area contributed by atoms with E-state index in [1.807, 2.05) is 0 Å². The van der Waals surface area contributed by atoms with Crippen LogP contribution >= 0.6 is 0 Å². The molecule has 4 heterocycles. The summed E-state index contributed by atoms with van der Waals surface area (Å²) in [4.78, 5) is 11.4. The monoisotopic (exact) mass is 396 g/mol. The van der Waals surface area contributed by atoms with Gasteiger partial charge in [-0.05, 0) is 38.0 Å². The van der Waals surface area contributed by atoms with Gasteiger partial charge in [0.2, 0.25) is 5.79 Å². The van der Waals surface area contributed by atoms with E-state index in [2.05, 4.69) is 6.92 Å². The van der Waals surface area contributed by atoms with Gasteiger partial charge < -0.3 is 19.3 Å². The Morgan fingerprint density at radius 3 is 2.48 bits per heavy atom. The van der Waals surface area contributed by atoms with Crippen molar-refractivity contribution in [1.29, 1.82) is 0 Å². The average Bonchev–Trinajstić information content (AvgIpc) is 2.82. The van der Waals surface area contributed by atoms with E-state index in [1.165, 1.54) is 6.92 Å². The summed E-state index contributed by atoms with van der Waals surface area (Å²) in [5.41, 5.74) is -1.09. The van der Waals surface area contributed by atoms with Gasteiger partial charge in [-0.1, -0.05) is 13.8 Å². The van der Waals surface area contributed by atoms with Crippen LogP contribution in [-0.2, 0) is 24.0 Å². The smallest absolute Gasteiger partial charge is 0.394 e. The number of fused-ring (bicyclic) bond motifs is 2. The Balaban J connectivity index is 1.82. The summed E-state index contributed by atoms with van der Waals surface area (Å²) in [5.74, 6) is -5.36. The minimum absolute atomic E-state index is 0.0305. The minimum Gasteiger partial charge on any atom is -0.394 e. The number of aliphatic hydroxyl groups is 1. The summed E-state index contributed by atoms with van der Waals surface area (Å²) in [6, 6.07) is 0. The van der Waals surface area contributed by atoms with E-state index in [0.29, 0.717) is 12.8 Å². The zero-order chi connectivity index (χ0) is 19.7. The maximum Gasteiger partial charge on any atom is 0.443 e. The van der Waals surface area contributed by atoms with Crippen molar-refractivity contribution in [2.24, 2.45) is 23.7 Å². The normalized spacial score (nSPS) is 52.3. The van der Waals surface area contributed by atoms with Crippen LogP contribution in [0.3, 0.4) is 0 Å². The number of halogens is 3. The Labute approximate surface area is 156 Å². The number of hydrogen-bond donors (Lipinski definition) is 1. The molecular weight excluding hydrogens is 369 g/mol. The fraction of sp³-hybridized carbons (Fsp3) is 1.00. The Hall–Kier alpha value is -0.450. The van der Waals surface area contributed by atoms with Crippen molar-refractivity contribution in [2.75, 3.05) is 13.2 Å².